The number of aryl methyl sites for hydroxylation is 1. The maximum atomic E-state index is 10.3. The summed E-state index contributed by atoms with van der Waals surface area (Å²) in [5.74, 6) is 1.79. The minimum absolute atomic E-state index is 0.216. The largest absolute Gasteiger partial charge is 0.393 e. The third-order valence-electron chi connectivity index (χ3n) is 4.46. The summed E-state index contributed by atoms with van der Waals surface area (Å²) in [6.07, 6.45) is 5.15. The molecular weight excluding hydrogens is 250 g/mol. The average Bonchev–Trinajstić information content (AvgIpc) is 2.88. The third-order valence-corrected chi connectivity index (χ3v) is 4.46. The number of nitrogens with zero attached hydrogens (tertiary/aromatic N) is 3. The molecule has 20 heavy (non-hydrogen) atoms. The molecule has 0 amide bonds. The molecule has 4 nitrogen and oxygen atoms in total. The molecule has 3 rings (SSSR count). The summed E-state index contributed by atoms with van der Waals surface area (Å²) in [5, 5.41) is 14.4. The molecule has 3 unspecified atom stereocenters. The number of aromatic nitrogens is 3. The van der Waals surface area contributed by atoms with Gasteiger partial charge in [-0.25, -0.2) is 4.98 Å². The molecule has 0 spiro atoms. The summed E-state index contributed by atoms with van der Waals surface area (Å²) in [4.78, 5) is 4.28. The van der Waals surface area contributed by atoms with Gasteiger partial charge in [0.05, 0.1) is 6.10 Å². The molecule has 1 heterocycles. The van der Waals surface area contributed by atoms with Crippen molar-refractivity contribution < 1.29 is 5.11 Å². The van der Waals surface area contributed by atoms with E-state index >= 15 is 0 Å². The SMILES string of the molecule is Cn1ncnc1CC1CC(c2ccccc2)CCC1O. The van der Waals surface area contributed by atoms with Gasteiger partial charge >= 0.3 is 0 Å². The summed E-state index contributed by atoms with van der Waals surface area (Å²) in [6.45, 7) is 0. The van der Waals surface area contributed by atoms with Gasteiger partial charge in [0.2, 0.25) is 0 Å². The van der Waals surface area contributed by atoms with Crippen molar-refractivity contribution in [1.82, 2.24) is 14.8 Å². The van der Waals surface area contributed by atoms with Gasteiger partial charge in [-0.15, -0.1) is 0 Å². The molecule has 4 heteroatoms. The van der Waals surface area contributed by atoms with Crippen molar-refractivity contribution in [3.05, 3.63) is 48.0 Å². The molecule has 0 aliphatic heterocycles. The first-order valence-corrected chi connectivity index (χ1v) is 7.30. The highest BCUT2D eigenvalue weighted by atomic mass is 16.3. The van der Waals surface area contributed by atoms with Crippen molar-refractivity contribution in [3.8, 4) is 0 Å². The van der Waals surface area contributed by atoms with Crippen LogP contribution in [-0.2, 0) is 13.5 Å². The Balaban J connectivity index is 1.72. The summed E-state index contributed by atoms with van der Waals surface area (Å²) >= 11 is 0. The Morgan fingerprint density at radius 3 is 2.75 bits per heavy atom. The van der Waals surface area contributed by atoms with Crippen LogP contribution in [0.3, 0.4) is 0 Å². The Morgan fingerprint density at radius 2 is 2.05 bits per heavy atom. The molecule has 0 bridgehead atoms. The quantitative estimate of drug-likeness (QED) is 0.932. The summed E-state index contributed by atoms with van der Waals surface area (Å²) < 4.78 is 1.80. The standard InChI is InChI=1S/C16H21N3O/c1-19-16(17-11-18-19)10-14-9-13(7-8-15(14)20)12-5-3-2-4-6-12/h2-6,11,13-15,20H,7-10H2,1H3. The Labute approximate surface area is 119 Å². The minimum atomic E-state index is -0.216. The molecule has 1 saturated carbocycles. The molecule has 2 aromatic rings. The van der Waals surface area contributed by atoms with E-state index in [0.717, 1.165) is 31.5 Å². The van der Waals surface area contributed by atoms with Gasteiger partial charge in [-0.3, -0.25) is 4.68 Å². The molecular formula is C16H21N3O. The van der Waals surface area contributed by atoms with E-state index in [4.69, 9.17) is 0 Å². The van der Waals surface area contributed by atoms with Crippen LogP contribution in [0.1, 0.15) is 36.6 Å². The molecule has 0 saturated heterocycles. The van der Waals surface area contributed by atoms with E-state index in [-0.39, 0.29) is 12.0 Å². The lowest BCUT2D eigenvalue weighted by molar-refractivity contribution is 0.0605. The monoisotopic (exact) mass is 271 g/mol. The van der Waals surface area contributed by atoms with Crippen molar-refractivity contribution in [2.24, 2.45) is 13.0 Å². The Hall–Kier alpha value is -1.68. The molecule has 3 atom stereocenters. The second-order valence-corrected chi connectivity index (χ2v) is 5.75. The van der Waals surface area contributed by atoms with Gasteiger partial charge in [-0.05, 0) is 36.7 Å². The van der Waals surface area contributed by atoms with E-state index in [9.17, 15) is 5.11 Å². The Bertz CT molecular complexity index is 552. The predicted molar refractivity (Wildman–Crippen MR) is 77.2 cm³/mol. The zero-order valence-corrected chi connectivity index (χ0v) is 11.8. The Morgan fingerprint density at radius 1 is 1.25 bits per heavy atom. The van der Waals surface area contributed by atoms with E-state index in [1.807, 2.05) is 7.05 Å². The highest BCUT2D eigenvalue weighted by Gasteiger charge is 2.30. The first-order valence-electron chi connectivity index (χ1n) is 7.30. The van der Waals surface area contributed by atoms with Crippen molar-refractivity contribution in [3.63, 3.8) is 0 Å². The fourth-order valence-corrected chi connectivity index (χ4v) is 3.23. The van der Waals surface area contributed by atoms with E-state index in [1.165, 1.54) is 5.56 Å². The number of aliphatic hydroxyl groups is 1. The molecule has 1 aliphatic rings. The number of aliphatic hydroxyl groups excluding tert-OH is 1. The average molecular weight is 271 g/mol. The molecule has 1 fully saturated rings. The van der Waals surface area contributed by atoms with Crippen LogP contribution in [0.25, 0.3) is 0 Å². The first-order chi connectivity index (χ1) is 9.74. The number of rotatable bonds is 3. The highest BCUT2D eigenvalue weighted by molar-refractivity contribution is 5.20. The molecule has 1 aromatic heterocycles. The number of benzene rings is 1. The normalized spacial score (nSPS) is 26.6. The van der Waals surface area contributed by atoms with Crippen molar-refractivity contribution in [2.75, 3.05) is 0 Å². The molecule has 0 radical (unpaired) electrons. The van der Waals surface area contributed by atoms with Gasteiger partial charge < -0.3 is 5.11 Å². The molecule has 106 valence electrons. The van der Waals surface area contributed by atoms with Crippen LogP contribution >= 0.6 is 0 Å². The minimum Gasteiger partial charge on any atom is -0.393 e. The van der Waals surface area contributed by atoms with Gasteiger partial charge in [0.25, 0.3) is 0 Å². The molecule has 1 N–H and O–H groups in total. The lowest BCUT2D eigenvalue weighted by Crippen LogP contribution is -2.30. The second-order valence-electron chi connectivity index (χ2n) is 5.75. The van der Waals surface area contributed by atoms with Crippen LogP contribution < -0.4 is 0 Å². The van der Waals surface area contributed by atoms with E-state index in [1.54, 1.807) is 11.0 Å². The lowest BCUT2D eigenvalue weighted by atomic mass is 9.75. The van der Waals surface area contributed by atoms with Gasteiger partial charge in [0, 0.05) is 13.5 Å². The van der Waals surface area contributed by atoms with Crippen LogP contribution in [0, 0.1) is 5.92 Å². The second kappa shape index (κ2) is 5.75. The number of hydrogen-bond donors (Lipinski definition) is 1. The van der Waals surface area contributed by atoms with Gasteiger partial charge in [0.1, 0.15) is 12.2 Å². The smallest absolute Gasteiger partial charge is 0.138 e. The molecule has 1 aliphatic carbocycles. The van der Waals surface area contributed by atoms with Crippen molar-refractivity contribution >= 4 is 0 Å². The van der Waals surface area contributed by atoms with Crippen LogP contribution in [0.4, 0.5) is 0 Å². The first kappa shape index (κ1) is 13.3. The summed E-state index contributed by atoms with van der Waals surface area (Å²) in [6, 6.07) is 10.6. The fraction of sp³-hybridized carbons (Fsp3) is 0.500. The van der Waals surface area contributed by atoms with Crippen molar-refractivity contribution in [2.45, 2.75) is 37.7 Å². The highest BCUT2D eigenvalue weighted by Crippen LogP contribution is 2.37. The lowest BCUT2D eigenvalue weighted by Gasteiger charge is -2.33. The van der Waals surface area contributed by atoms with Crippen molar-refractivity contribution in [1.29, 1.82) is 0 Å². The van der Waals surface area contributed by atoms with Crippen LogP contribution in [0.5, 0.6) is 0 Å². The van der Waals surface area contributed by atoms with Gasteiger partial charge in [0.15, 0.2) is 0 Å². The predicted octanol–water partition coefficient (Wildman–Crippen LogP) is 2.30. The Kier molecular flexibility index (Phi) is 3.83. The molecule has 1 aromatic carbocycles. The van der Waals surface area contributed by atoms with Crippen LogP contribution in [0.2, 0.25) is 0 Å². The third kappa shape index (κ3) is 2.75. The topological polar surface area (TPSA) is 50.9 Å². The van der Waals surface area contributed by atoms with E-state index < -0.39 is 0 Å². The fourth-order valence-electron chi connectivity index (χ4n) is 3.23. The zero-order chi connectivity index (χ0) is 13.9. The maximum Gasteiger partial charge on any atom is 0.138 e. The van der Waals surface area contributed by atoms with Gasteiger partial charge in [-0.2, -0.15) is 5.10 Å². The van der Waals surface area contributed by atoms with E-state index in [0.29, 0.717) is 5.92 Å². The maximum absolute atomic E-state index is 10.3. The van der Waals surface area contributed by atoms with E-state index in [2.05, 4.69) is 40.4 Å². The van der Waals surface area contributed by atoms with Gasteiger partial charge in [-0.1, -0.05) is 30.3 Å². The van der Waals surface area contributed by atoms with Crippen LogP contribution in [0.15, 0.2) is 36.7 Å². The van der Waals surface area contributed by atoms with Crippen LogP contribution in [-0.4, -0.2) is 26.0 Å². The zero-order valence-electron chi connectivity index (χ0n) is 11.8. The number of hydrogen-bond acceptors (Lipinski definition) is 3. The summed E-state index contributed by atoms with van der Waals surface area (Å²) in [7, 11) is 1.91. The summed E-state index contributed by atoms with van der Waals surface area (Å²) in [5.41, 5.74) is 1.39.